The molecular weight excluding hydrogens is 275 g/mol. The van der Waals surface area contributed by atoms with Gasteiger partial charge in [0.1, 0.15) is 0 Å². The molecule has 3 heteroatoms. The first-order chi connectivity index (χ1) is 6.27. The molecule has 0 saturated heterocycles. The first-order valence-corrected chi connectivity index (χ1v) is 5.12. The third kappa shape index (κ3) is 1.75. The smallest absolute Gasteiger partial charge is 0.0731 e. The monoisotopic (exact) mass is 284 g/mol. The summed E-state index contributed by atoms with van der Waals surface area (Å²) < 4.78 is 3.10. The van der Waals surface area contributed by atoms with Gasteiger partial charge in [-0.2, -0.15) is 5.10 Å². The Morgan fingerprint density at radius 3 is 2.46 bits per heavy atom. The predicted molar refractivity (Wildman–Crippen MR) is 61.0 cm³/mol. The molecule has 0 aliphatic carbocycles. The highest BCUT2D eigenvalue weighted by Gasteiger charge is 2.01. The summed E-state index contributed by atoms with van der Waals surface area (Å²) >= 11 is 2.29. The van der Waals surface area contributed by atoms with Crippen LogP contribution in [0.3, 0.4) is 0 Å². The van der Waals surface area contributed by atoms with Gasteiger partial charge in [-0.1, -0.05) is 18.2 Å². The van der Waals surface area contributed by atoms with Crippen molar-refractivity contribution in [1.82, 2.24) is 9.78 Å². The Hall–Kier alpha value is -0.840. The summed E-state index contributed by atoms with van der Waals surface area (Å²) in [6.45, 7) is 2.02. The van der Waals surface area contributed by atoms with Crippen molar-refractivity contribution in [2.24, 2.45) is 0 Å². The van der Waals surface area contributed by atoms with E-state index in [-0.39, 0.29) is 0 Å². The van der Waals surface area contributed by atoms with Crippen LogP contribution in [0.1, 0.15) is 5.69 Å². The van der Waals surface area contributed by atoms with E-state index in [0.29, 0.717) is 0 Å². The summed E-state index contributed by atoms with van der Waals surface area (Å²) in [4.78, 5) is 0. The molecule has 0 bridgehead atoms. The molecule has 66 valence electrons. The lowest BCUT2D eigenvalue weighted by Crippen LogP contribution is -1.93. The number of benzene rings is 1. The van der Waals surface area contributed by atoms with E-state index in [4.69, 9.17) is 0 Å². The van der Waals surface area contributed by atoms with E-state index in [2.05, 4.69) is 27.7 Å². The van der Waals surface area contributed by atoms with Gasteiger partial charge in [0.25, 0.3) is 0 Å². The van der Waals surface area contributed by atoms with Crippen LogP contribution in [0.25, 0.3) is 5.69 Å². The summed E-state index contributed by atoms with van der Waals surface area (Å²) in [5.74, 6) is 0. The van der Waals surface area contributed by atoms with Gasteiger partial charge in [0, 0.05) is 6.20 Å². The Morgan fingerprint density at radius 1 is 1.23 bits per heavy atom. The highest BCUT2D eigenvalue weighted by Crippen LogP contribution is 2.12. The van der Waals surface area contributed by atoms with Gasteiger partial charge >= 0.3 is 0 Å². The van der Waals surface area contributed by atoms with E-state index in [0.717, 1.165) is 11.4 Å². The van der Waals surface area contributed by atoms with Crippen LogP contribution in [0, 0.1) is 10.5 Å². The zero-order chi connectivity index (χ0) is 9.26. The molecule has 0 unspecified atom stereocenters. The van der Waals surface area contributed by atoms with Crippen LogP contribution in [-0.4, -0.2) is 9.78 Å². The highest BCUT2D eigenvalue weighted by molar-refractivity contribution is 14.1. The van der Waals surface area contributed by atoms with Crippen molar-refractivity contribution in [3.05, 3.63) is 45.8 Å². The molecule has 0 N–H and O–H groups in total. The Balaban J connectivity index is 2.48. The number of nitrogens with zero attached hydrogens (tertiary/aromatic N) is 2. The SMILES string of the molecule is Cc1nn(-c2ccccc2)cc1I. The van der Waals surface area contributed by atoms with Gasteiger partial charge in [0.05, 0.1) is 15.0 Å². The molecule has 1 aromatic carbocycles. The summed E-state index contributed by atoms with van der Waals surface area (Å²) in [6.07, 6.45) is 2.03. The van der Waals surface area contributed by atoms with Crippen molar-refractivity contribution < 1.29 is 0 Å². The third-order valence-electron chi connectivity index (χ3n) is 1.86. The van der Waals surface area contributed by atoms with Gasteiger partial charge in [-0.15, -0.1) is 0 Å². The molecular formula is C10H9IN2. The molecule has 2 aromatic rings. The lowest BCUT2D eigenvalue weighted by atomic mass is 10.3. The van der Waals surface area contributed by atoms with E-state index in [1.807, 2.05) is 48.1 Å². The Bertz CT molecular complexity index is 387. The Morgan fingerprint density at radius 2 is 1.92 bits per heavy atom. The molecule has 0 atom stereocenters. The Labute approximate surface area is 90.7 Å². The van der Waals surface area contributed by atoms with Gasteiger partial charge in [-0.25, -0.2) is 4.68 Å². The average molecular weight is 284 g/mol. The van der Waals surface area contributed by atoms with Crippen LogP contribution < -0.4 is 0 Å². The van der Waals surface area contributed by atoms with E-state index >= 15 is 0 Å². The van der Waals surface area contributed by atoms with E-state index < -0.39 is 0 Å². The maximum atomic E-state index is 4.39. The first-order valence-electron chi connectivity index (χ1n) is 4.04. The zero-order valence-electron chi connectivity index (χ0n) is 7.24. The molecule has 1 aromatic heterocycles. The second-order valence-electron chi connectivity index (χ2n) is 2.84. The summed E-state index contributed by atoms with van der Waals surface area (Å²) in [5.41, 5.74) is 2.18. The fourth-order valence-electron chi connectivity index (χ4n) is 1.15. The zero-order valence-corrected chi connectivity index (χ0v) is 9.39. The molecule has 0 spiro atoms. The topological polar surface area (TPSA) is 17.8 Å². The summed E-state index contributed by atoms with van der Waals surface area (Å²) in [7, 11) is 0. The normalized spacial score (nSPS) is 10.3. The fourth-order valence-corrected chi connectivity index (χ4v) is 1.52. The van der Waals surface area contributed by atoms with Crippen LogP contribution >= 0.6 is 22.6 Å². The van der Waals surface area contributed by atoms with Crippen molar-refractivity contribution in [2.75, 3.05) is 0 Å². The second-order valence-corrected chi connectivity index (χ2v) is 4.00. The van der Waals surface area contributed by atoms with Gasteiger partial charge in [-0.05, 0) is 41.6 Å². The van der Waals surface area contributed by atoms with Gasteiger partial charge < -0.3 is 0 Å². The second kappa shape index (κ2) is 3.49. The molecule has 0 amide bonds. The standard InChI is InChI=1S/C10H9IN2/c1-8-10(11)7-13(12-8)9-5-3-2-4-6-9/h2-7H,1H3. The summed E-state index contributed by atoms with van der Waals surface area (Å²) in [6, 6.07) is 10.1. The summed E-state index contributed by atoms with van der Waals surface area (Å²) in [5, 5.41) is 4.39. The molecule has 0 fully saturated rings. The average Bonchev–Trinajstić information content (AvgIpc) is 2.49. The number of halogens is 1. The van der Waals surface area contributed by atoms with Gasteiger partial charge in [-0.3, -0.25) is 0 Å². The fraction of sp³-hybridized carbons (Fsp3) is 0.100. The quantitative estimate of drug-likeness (QED) is 0.736. The molecule has 1 heterocycles. The van der Waals surface area contributed by atoms with Crippen LogP contribution in [0.2, 0.25) is 0 Å². The molecule has 2 rings (SSSR count). The van der Waals surface area contributed by atoms with Crippen LogP contribution in [-0.2, 0) is 0 Å². The number of aromatic nitrogens is 2. The third-order valence-corrected chi connectivity index (χ3v) is 2.92. The molecule has 0 aliphatic rings. The van der Waals surface area contributed by atoms with Gasteiger partial charge in [0.2, 0.25) is 0 Å². The predicted octanol–water partition coefficient (Wildman–Crippen LogP) is 2.79. The van der Waals surface area contributed by atoms with Crippen molar-refractivity contribution in [1.29, 1.82) is 0 Å². The minimum Gasteiger partial charge on any atom is -0.240 e. The first kappa shape index (κ1) is 8.74. The van der Waals surface area contributed by atoms with Crippen molar-refractivity contribution >= 4 is 22.6 Å². The number of rotatable bonds is 1. The molecule has 2 nitrogen and oxygen atoms in total. The van der Waals surface area contributed by atoms with Crippen LogP contribution in [0.4, 0.5) is 0 Å². The van der Waals surface area contributed by atoms with Gasteiger partial charge in [0.15, 0.2) is 0 Å². The lowest BCUT2D eigenvalue weighted by Gasteiger charge is -1.98. The number of aryl methyl sites for hydroxylation is 1. The van der Waals surface area contributed by atoms with E-state index in [9.17, 15) is 0 Å². The maximum absolute atomic E-state index is 4.39. The molecule has 0 radical (unpaired) electrons. The molecule has 0 saturated carbocycles. The Kier molecular flexibility index (Phi) is 2.35. The van der Waals surface area contributed by atoms with Crippen molar-refractivity contribution in [2.45, 2.75) is 6.92 Å². The van der Waals surface area contributed by atoms with Crippen LogP contribution in [0.15, 0.2) is 36.5 Å². The molecule has 0 aliphatic heterocycles. The number of hydrogen-bond donors (Lipinski definition) is 0. The number of para-hydroxylation sites is 1. The van der Waals surface area contributed by atoms with E-state index in [1.165, 1.54) is 3.57 Å². The molecule has 13 heavy (non-hydrogen) atoms. The van der Waals surface area contributed by atoms with E-state index in [1.54, 1.807) is 0 Å². The van der Waals surface area contributed by atoms with Crippen LogP contribution in [0.5, 0.6) is 0 Å². The number of hydrogen-bond acceptors (Lipinski definition) is 1. The minimum absolute atomic E-state index is 1.07. The highest BCUT2D eigenvalue weighted by atomic mass is 127. The minimum atomic E-state index is 1.07. The largest absolute Gasteiger partial charge is 0.240 e. The maximum Gasteiger partial charge on any atom is 0.0731 e. The lowest BCUT2D eigenvalue weighted by molar-refractivity contribution is 0.863. The van der Waals surface area contributed by atoms with Crippen molar-refractivity contribution in [3.8, 4) is 5.69 Å². The van der Waals surface area contributed by atoms with Crippen molar-refractivity contribution in [3.63, 3.8) is 0 Å².